The fourth-order valence-electron chi connectivity index (χ4n) is 3.91. The predicted octanol–water partition coefficient (Wildman–Crippen LogP) is -1.41. The van der Waals surface area contributed by atoms with Crippen molar-refractivity contribution in [2.24, 2.45) is 11.8 Å². The van der Waals surface area contributed by atoms with E-state index in [4.69, 9.17) is 28.4 Å². The topological polar surface area (TPSA) is 170 Å². The first kappa shape index (κ1) is 24.3. The summed E-state index contributed by atoms with van der Waals surface area (Å²) in [5, 5.41) is 40.7. The minimum atomic E-state index is -1.94. The monoisotopic (exact) mass is 450 g/mol. The zero-order chi connectivity index (χ0) is 23.1. The number of fused-ring (bicyclic) bond motifs is 1. The van der Waals surface area contributed by atoms with Gasteiger partial charge in [0, 0.05) is 25.7 Å². The standard InChI is InChI=1S/C19H30O12/c1-7-12(21)10(5-26-9(3)20)29-17(13(7)22)30-14-8(2)16(23)28-11-6-27-19(4,18(24)25)31-15(11)14/h7-8,10-17,21-23H,5-6H2,1-4H3,(H,24,25)/t7-,8?,10?,11?,12?,13?,14?,15?,16?,17?,19?/m1/s1. The quantitative estimate of drug-likeness (QED) is 0.361. The van der Waals surface area contributed by atoms with Gasteiger partial charge in [-0.1, -0.05) is 13.8 Å². The van der Waals surface area contributed by atoms with E-state index in [1.54, 1.807) is 13.8 Å². The Labute approximate surface area is 178 Å². The lowest BCUT2D eigenvalue weighted by Gasteiger charge is -2.51. The Hall–Kier alpha value is -1.38. The van der Waals surface area contributed by atoms with Gasteiger partial charge in [0.2, 0.25) is 0 Å². The molecule has 3 heterocycles. The number of carbonyl (C=O) groups excluding carboxylic acids is 1. The molecule has 0 aliphatic carbocycles. The lowest BCUT2D eigenvalue weighted by atomic mass is 9.89. The number of carboxylic acids is 1. The van der Waals surface area contributed by atoms with Crippen molar-refractivity contribution in [2.75, 3.05) is 13.2 Å². The minimum Gasteiger partial charge on any atom is -0.477 e. The number of carbonyl (C=O) groups is 2. The molecular formula is C19H30O12. The number of hydrogen-bond acceptors (Lipinski definition) is 11. The Morgan fingerprint density at radius 3 is 2.39 bits per heavy atom. The van der Waals surface area contributed by atoms with Crippen LogP contribution in [0.3, 0.4) is 0 Å². The molecule has 10 unspecified atom stereocenters. The maximum atomic E-state index is 11.6. The third kappa shape index (κ3) is 4.86. The molecule has 12 nitrogen and oxygen atoms in total. The highest BCUT2D eigenvalue weighted by Gasteiger charge is 2.55. The van der Waals surface area contributed by atoms with Crippen molar-refractivity contribution in [3.63, 3.8) is 0 Å². The molecule has 3 rings (SSSR count). The number of carboxylic acid groups (broad SMARTS) is 1. The zero-order valence-electron chi connectivity index (χ0n) is 17.7. The number of aliphatic hydroxyl groups is 3. The summed E-state index contributed by atoms with van der Waals surface area (Å²) < 4.78 is 33.0. The van der Waals surface area contributed by atoms with Crippen LogP contribution in [-0.4, -0.2) is 101 Å². The molecule has 0 spiro atoms. The number of esters is 1. The van der Waals surface area contributed by atoms with E-state index in [9.17, 15) is 30.0 Å². The molecule has 3 aliphatic rings. The van der Waals surface area contributed by atoms with Crippen LogP contribution in [0.2, 0.25) is 0 Å². The van der Waals surface area contributed by atoms with Gasteiger partial charge in [-0.25, -0.2) is 4.79 Å². The Morgan fingerprint density at radius 1 is 1.10 bits per heavy atom. The molecule has 0 aromatic heterocycles. The third-order valence-corrected chi connectivity index (χ3v) is 6.03. The number of ether oxygens (including phenoxy) is 6. The van der Waals surface area contributed by atoms with Crippen LogP contribution in [-0.2, 0) is 38.0 Å². The molecule has 178 valence electrons. The number of aliphatic hydroxyl groups excluding tert-OH is 3. The minimum absolute atomic E-state index is 0.157. The second-order valence-electron chi connectivity index (χ2n) is 8.36. The summed E-state index contributed by atoms with van der Waals surface area (Å²) in [6.45, 7) is 5.27. The molecule has 0 aromatic carbocycles. The van der Waals surface area contributed by atoms with Crippen molar-refractivity contribution >= 4 is 11.9 Å². The highest BCUT2D eigenvalue weighted by molar-refractivity contribution is 5.75. The van der Waals surface area contributed by atoms with Crippen molar-refractivity contribution in [3.05, 3.63) is 0 Å². The molecule has 0 aromatic rings. The van der Waals surface area contributed by atoms with Crippen molar-refractivity contribution in [3.8, 4) is 0 Å². The highest BCUT2D eigenvalue weighted by atomic mass is 16.8. The van der Waals surface area contributed by atoms with Gasteiger partial charge in [-0.3, -0.25) is 4.79 Å². The Morgan fingerprint density at radius 2 is 1.77 bits per heavy atom. The Balaban J connectivity index is 1.79. The van der Waals surface area contributed by atoms with Crippen molar-refractivity contribution in [2.45, 2.75) is 82.7 Å². The lowest BCUT2D eigenvalue weighted by molar-refractivity contribution is -0.391. The van der Waals surface area contributed by atoms with E-state index in [0.29, 0.717) is 0 Å². The molecule has 0 bridgehead atoms. The second kappa shape index (κ2) is 9.24. The van der Waals surface area contributed by atoms with Gasteiger partial charge in [0.25, 0.3) is 5.79 Å². The molecule has 3 saturated heterocycles. The normalized spacial score (nSPS) is 48.0. The summed E-state index contributed by atoms with van der Waals surface area (Å²) in [5.74, 6) is -5.20. The van der Waals surface area contributed by atoms with Crippen LogP contribution in [0, 0.1) is 11.8 Å². The molecule has 31 heavy (non-hydrogen) atoms. The predicted molar refractivity (Wildman–Crippen MR) is 98.3 cm³/mol. The maximum absolute atomic E-state index is 11.6. The molecular weight excluding hydrogens is 420 g/mol. The summed E-state index contributed by atoms with van der Waals surface area (Å²) in [6.07, 6.45) is -8.54. The van der Waals surface area contributed by atoms with E-state index in [1.165, 1.54) is 13.8 Å². The molecule has 11 atom stereocenters. The summed E-state index contributed by atoms with van der Waals surface area (Å²) in [5.41, 5.74) is 0. The van der Waals surface area contributed by atoms with Crippen LogP contribution in [0.5, 0.6) is 0 Å². The van der Waals surface area contributed by atoms with Gasteiger partial charge in [0.15, 0.2) is 12.6 Å². The van der Waals surface area contributed by atoms with Crippen LogP contribution in [0.25, 0.3) is 0 Å². The van der Waals surface area contributed by atoms with Gasteiger partial charge in [0.1, 0.15) is 31.0 Å². The van der Waals surface area contributed by atoms with Crippen LogP contribution >= 0.6 is 0 Å². The summed E-state index contributed by atoms with van der Waals surface area (Å²) in [4.78, 5) is 22.7. The fourth-order valence-corrected chi connectivity index (χ4v) is 3.91. The molecule has 4 N–H and O–H groups in total. The SMILES string of the molecule is CC(=O)OCC1OC(OC2C(C)C(O)OC3COC(C)(C(=O)O)OC32)C(O)[C@H](C)C1O. The van der Waals surface area contributed by atoms with Crippen molar-refractivity contribution in [1.82, 2.24) is 0 Å². The van der Waals surface area contributed by atoms with Crippen LogP contribution in [0.1, 0.15) is 27.7 Å². The van der Waals surface area contributed by atoms with E-state index in [2.05, 4.69) is 0 Å². The van der Waals surface area contributed by atoms with Gasteiger partial charge < -0.3 is 48.8 Å². The summed E-state index contributed by atoms with van der Waals surface area (Å²) >= 11 is 0. The van der Waals surface area contributed by atoms with Gasteiger partial charge in [-0.15, -0.1) is 0 Å². The van der Waals surface area contributed by atoms with E-state index in [-0.39, 0.29) is 13.2 Å². The number of rotatable bonds is 5. The smallest absolute Gasteiger partial charge is 0.364 e. The third-order valence-electron chi connectivity index (χ3n) is 6.03. The van der Waals surface area contributed by atoms with Crippen LogP contribution in [0.15, 0.2) is 0 Å². The van der Waals surface area contributed by atoms with E-state index in [1.807, 2.05) is 0 Å². The van der Waals surface area contributed by atoms with Gasteiger partial charge in [-0.2, -0.15) is 0 Å². The zero-order valence-corrected chi connectivity index (χ0v) is 17.7. The summed E-state index contributed by atoms with van der Waals surface area (Å²) in [7, 11) is 0. The van der Waals surface area contributed by atoms with E-state index < -0.39 is 78.8 Å². The highest BCUT2D eigenvalue weighted by Crippen LogP contribution is 2.38. The average molecular weight is 450 g/mol. The Kier molecular flexibility index (Phi) is 7.23. The van der Waals surface area contributed by atoms with Crippen molar-refractivity contribution in [1.29, 1.82) is 0 Å². The van der Waals surface area contributed by atoms with E-state index >= 15 is 0 Å². The molecule has 0 saturated carbocycles. The summed E-state index contributed by atoms with van der Waals surface area (Å²) in [6, 6.07) is 0. The van der Waals surface area contributed by atoms with Crippen LogP contribution in [0.4, 0.5) is 0 Å². The fraction of sp³-hybridized carbons (Fsp3) is 0.895. The first-order valence-corrected chi connectivity index (χ1v) is 10.1. The van der Waals surface area contributed by atoms with Gasteiger partial charge >= 0.3 is 11.9 Å². The van der Waals surface area contributed by atoms with Crippen LogP contribution < -0.4 is 0 Å². The first-order valence-electron chi connectivity index (χ1n) is 10.1. The molecule has 0 amide bonds. The van der Waals surface area contributed by atoms with Gasteiger partial charge in [-0.05, 0) is 0 Å². The number of hydrogen-bond donors (Lipinski definition) is 4. The lowest BCUT2D eigenvalue weighted by Crippen LogP contribution is -2.66. The molecule has 12 heteroatoms. The van der Waals surface area contributed by atoms with Gasteiger partial charge in [0.05, 0.1) is 18.8 Å². The molecule has 0 radical (unpaired) electrons. The second-order valence-corrected chi connectivity index (χ2v) is 8.36. The molecule has 3 aliphatic heterocycles. The average Bonchev–Trinajstić information content (AvgIpc) is 2.70. The van der Waals surface area contributed by atoms with Crippen molar-refractivity contribution < 1.29 is 58.4 Å². The van der Waals surface area contributed by atoms with E-state index in [0.717, 1.165) is 0 Å². The Bertz CT molecular complexity index is 672. The first-order chi connectivity index (χ1) is 14.4. The molecule has 3 fully saturated rings. The largest absolute Gasteiger partial charge is 0.477 e. The maximum Gasteiger partial charge on any atom is 0.364 e. The number of aliphatic carboxylic acids is 1.